The SMILES string of the molecule is CC(C)NC(=O)Cc1ccc(NCc2cc(=O)n3ccccc3n2)cc1. The van der Waals surface area contributed by atoms with Gasteiger partial charge in [-0.25, -0.2) is 4.98 Å². The first-order valence-electron chi connectivity index (χ1n) is 8.61. The Morgan fingerprint density at radius 2 is 1.92 bits per heavy atom. The predicted molar refractivity (Wildman–Crippen MR) is 102 cm³/mol. The highest BCUT2D eigenvalue weighted by molar-refractivity contribution is 5.78. The molecule has 3 rings (SSSR count). The molecule has 134 valence electrons. The number of carbonyl (C=O) groups is 1. The van der Waals surface area contributed by atoms with Crippen LogP contribution in [0.3, 0.4) is 0 Å². The van der Waals surface area contributed by atoms with E-state index >= 15 is 0 Å². The number of nitrogens with one attached hydrogen (secondary N) is 2. The summed E-state index contributed by atoms with van der Waals surface area (Å²) >= 11 is 0. The van der Waals surface area contributed by atoms with Crippen molar-refractivity contribution in [3.8, 4) is 0 Å². The minimum atomic E-state index is -0.0982. The zero-order valence-electron chi connectivity index (χ0n) is 14.9. The maximum Gasteiger partial charge on any atom is 0.258 e. The van der Waals surface area contributed by atoms with Gasteiger partial charge in [0.2, 0.25) is 5.91 Å². The van der Waals surface area contributed by atoms with Crippen LogP contribution < -0.4 is 16.2 Å². The number of hydrogen-bond donors (Lipinski definition) is 2. The minimum Gasteiger partial charge on any atom is -0.379 e. The van der Waals surface area contributed by atoms with Gasteiger partial charge in [0.1, 0.15) is 5.65 Å². The third-order valence-electron chi connectivity index (χ3n) is 3.87. The second-order valence-corrected chi connectivity index (χ2v) is 6.46. The first kappa shape index (κ1) is 17.7. The van der Waals surface area contributed by atoms with Gasteiger partial charge in [0.15, 0.2) is 0 Å². The van der Waals surface area contributed by atoms with E-state index in [1.165, 1.54) is 10.5 Å². The van der Waals surface area contributed by atoms with Gasteiger partial charge in [-0.2, -0.15) is 0 Å². The van der Waals surface area contributed by atoms with Crippen molar-refractivity contribution in [1.82, 2.24) is 14.7 Å². The molecule has 1 aromatic carbocycles. The maximum atomic E-state index is 12.1. The number of pyridine rings is 1. The van der Waals surface area contributed by atoms with Crippen molar-refractivity contribution >= 4 is 17.2 Å². The molecule has 6 heteroatoms. The molecule has 0 saturated carbocycles. The van der Waals surface area contributed by atoms with E-state index in [-0.39, 0.29) is 17.5 Å². The lowest BCUT2D eigenvalue weighted by atomic mass is 10.1. The number of benzene rings is 1. The number of anilines is 1. The molecule has 2 aromatic heterocycles. The molecule has 6 nitrogen and oxygen atoms in total. The Morgan fingerprint density at radius 3 is 2.65 bits per heavy atom. The Labute approximate surface area is 151 Å². The van der Waals surface area contributed by atoms with E-state index < -0.39 is 0 Å². The number of hydrogen-bond acceptors (Lipinski definition) is 4. The second-order valence-electron chi connectivity index (χ2n) is 6.46. The molecule has 0 unspecified atom stereocenters. The van der Waals surface area contributed by atoms with E-state index in [4.69, 9.17) is 0 Å². The fourth-order valence-corrected chi connectivity index (χ4v) is 2.69. The summed E-state index contributed by atoms with van der Waals surface area (Å²) < 4.78 is 1.51. The summed E-state index contributed by atoms with van der Waals surface area (Å²) in [6.07, 6.45) is 2.07. The van der Waals surface area contributed by atoms with E-state index in [2.05, 4.69) is 15.6 Å². The van der Waals surface area contributed by atoms with Crippen LogP contribution in [0.5, 0.6) is 0 Å². The molecule has 0 spiro atoms. The zero-order chi connectivity index (χ0) is 18.5. The van der Waals surface area contributed by atoms with Crippen LogP contribution in [0.25, 0.3) is 5.65 Å². The minimum absolute atomic E-state index is 0.0153. The third-order valence-corrected chi connectivity index (χ3v) is 3.87. The van der Waals surface area contributed by atoms with Gasteiger partial charge >= 0.3 is 0 Å². The number of aromatic nitrogens is 2. The van der Waals surface area contributed by atoms with Crippen molar-refractivity contribution in [2.45, 2.75) is 32.9 Å². The quantitative estimate of drug-likeness (QED) is 0.716. The van der Waals surface area contributed by atoms with Crippen LogP contribution in [-0.2, 0) is 17.8 Å². The molecule has 2 heterocycles. The first-order chi connectivity index (χ1) is 12.5. The third kappa shape index (κ3) is 4.47. The largest absolute Gasteiger partial charge is 0.379 e. The first-order valence-corrected chi connectivity index (χ1v) is 8.61. The number of rotatable bonds is 6. The Morgan fingerprint density at radius 1 is 1.15 bits per heavy atom. The molecule has 2 N–H and O–H groups in total. The molecule has 0 aliphatic heterocycles. The number of amides is 1. The zero-order valence-corrected chi connectivity index (χ0v) is 14.9. The average molecular weight is 350 g/mol. The summed E-state index contributed by atoms with van der Waals surface area (Å²) in [5.74, 6) is 0.0153. The van der Waals surface area contributed by atoms with Gasteiger partial charge < -0.3 is 10.6 Å². The fraction of sp³-hybridized carbons (Fsp3) is 0.250. The van der Waals surface area contributed by atoms with Crippen LogP contribution >= 0.6 is 0 Å². The molecule has 0 aliphatic carbocycles. The van der Waals surface area contributed by atoms with Gasteiger partial charge in [0.05, 0.1) is 18.7 Å². The van der Waals surface area contributed by atoms with Crippen LogP contribution in [0.4, 0.5) is 5.69 Å². The molecular formula is C20H22N4O2. The van der Waals surface area contributed by atoms with Gasteiger partial charge in [-0.3, -0.25) is 14.0 Å². The average Bonchev–Trinajstić information content (AvgIpc) is 2.60. The molecule has 0 fully saturated rings. The van der Waals surface area contributed by atoms with Gasteiger partial charge in [-0.15, -0.1) is 0 Å². The fourth-order valence-electron chi connectivity index (χ4n) is 2.69. The van der Waals surface area contributed by atoms with Crippen LogP contribution in [-0.4, -0.2) is 21.3 Å². The Balaban J connectivity index is 1.63. The molecule has 3 aromatic rings. The maximum absolute atomic E-state index is 12.1. The van der Waals surface area contributed by atoms with Crippen LogP contribution in [0, 0.1) is 0 Å². The van der Waals surface area contributed by atoms with Gasteiger partial charge in [0.25, 0.3) is 5.56 Å². The smallest absolute Gasteiger partial charge is 0.258 e. The van der Waals surface area contributed by atoms with E-state index in [0.717, 1.165) is 11.3 Å². The van der Waals surface area contributed by atoms with Crippen molar-refractivity contribution in [1.29, 1.82) is 0 Å². The van der Waals surface area contributed by atoms with Gasteiger partial charge in [-0.05, 0) is 43.7 Å². The standard InChI is InChI=1S/C20H22N4O2/c1-14(2)22-19(25)11-15-6-8-16(9-7-15)21-13-17-12-20(26)24-10-4-3-5-18(24)23-17/h3-10,12,14,21H,11,13H2,1-2H3,(H,22,25). The summed E-state index contributed by atoms with van der Waals surface area (Å²) in [6, 6.07) is 14.8. The monoisotopic (exact) mass is 350 g/mol. The van der Waals surface area contributed by atoms with E-state index in [9.17, 15) is 9.59 Å². The molecular weight excluding hydrogens is 328 g/mol. The molecule has 0 aliphatic rings. The highest BCUT2D eigenvalue weighted by Crippen LogP contribution is 2.11. The van der Waals surface area contributed by atoms with Crippen molar-refractivity contribution < 1.29 is 4.79 Å². The Kier molecular flexibility index (Phi) is 5.31. The van der Waals surface area contributed by atoms with Crippen molar-refractivity contribution in [2.24, 2.45) is 0 Å². The summed E-state index contributed by atoms with van der Waals surface area (Å²) in [7, 11) is 0. The molecule has 1 amide bonds. The lowest BCUT2D eigenvalue weighted by Gasteiger charge is -2.10. The van der Waals surface area contributed by atoms with E-state index in [1.807, 2.05) is 50.2 Å². The Bertz CT molecular complexity index is 961. The predicted octanol–water partition coefficient (Wildman–Crippen LogP) is 2.37. The summed E-state index contributed by atoms with van der Waals surface area (Å²) in [6.45, 7) is 4.34. The van der Waals surface area contributed by atoms with E-state index in [0.29, 0.717) is 24.3 Å². The summed E-state index contributed by atoms with van der Waals surface area (Å²) in [5.41, 5.74) is 3.08. The molecule has 0 radical (unpaired) electrons. The second kappa shape index (κ2) is 7.82. The molecule has 0 saturated heterocycles. The lowest BCUT2D eigenvalue weighted by molar-refractivity contribution is -0.120. The molecule has 26 heavy (non-hydrogen) atoms. The highest BCUT2D eigenvalue weighted by atomic mass is 16.1. The van der Waals surface area contributed by atoms with Crippen LogP contribution in [0.15, 0.2) is 59.5 Å². The molecule has 0 atom stereocenters. The van der Waals surface area contributed by atoms with Crippen molar-refractivity contribution in [3.63, 3.8) is 0 Å². The highest BCUT2D eigenvalue weighted by Gasteiger charge is 2.05. The number of fused-ring (bicyclic) bond motifs is 1. The Hall–Kier alpha value is -3.15. The lowest BCUT2D eigenvalue weighted by Crippen LogP contribution is -2.31. The van der Waals surface area contributed by atoms with Crippen LogP contribution in [0.2, 0.25) is 0 Å². The van der Waals surface area contributed by atoms with E-state index in [1.54, 1.807) is 12.3 Å². The van der Waals surface area contributed by atoms with Crippen molar-refractivity contribution in [2.75, 3.05) is 5.32 Å². The van der Waals surface area contributed by atoms with Gasteiger partial charge in [-0.1, -0.05) is 18.2 Å². The number of carbonyl (C=O) groups excluding carboxylic acids is 1. The van der Waals surface area contributed by atoms with Gasteiger partial charge in [0, 0.05) is 24.0 Å². The normalized spacial score (nSPS) is 10.9. The van der Waals surface area contributed by atoms with Crippen LogP contribution in [0.1, 0.15) is 25.1 Å². The summed E-state index contributed by atoms with van der Waals surface area (Å²) in [5, 5.41) is 6.13. The topological polar surface area (TPSA) is 75.5 Å². The van der Waals surface area contributed by atoms with Crippen molar-refractivity contribution in [3.05, 3.63) is 76.3 Å². The number of nitrogens with zero attached hydrogens (tertiary/aromatic N) is 2. The molecule has 0 bridgehead atoms. The summed E-state index contributed by atoms with van der Waals surface area (Å²) in [4.78, 5) is 28.4.